The van der Waals surface area contributed by atoms with Gasteiger partial charge in [0.05, 0.1) is 10.9 Å². The zero-order valence-corrected chi connectivity index (χ0v) is 14.0. The summed E-state index contributed by atoms with van der Waals surface area (Å²) >= 11 is 6.81. The fraction of sp³-hybridized carbons (Fsp3) is 0.231. The molecule has 1 N–H and O–H groups in total. The number of hydrogen-bond donors (Lipinski definition) is 1. The van der Waals surface area contributed by atoms with E-state index in [9.17, 15) is 8.42 Å². The lowest BCUT2D eigenvalue weighted by Crippen LogP contribution is -2.24. The molecule has 0 aliphatic carbocycles. The Labute approximate surface area is 136 Å². The van der Waals surface area contributed by atoms with Crippen LogP contribution in [-0.2, 0) is 23.1 Å². The van der Waals surface area contributed by atoms with Crippen LogP contribution in [0.3, 0.4) is 0 Å². The Morgan fingerprint density at radius 3 is 2.86 bits per heavy atom. The molecule has 3 aromatic rings. The van der Waals surface area contributed by atoms with Crippen LogP contribution in [0.15, 0.2) is 34.7 Å². The molecule has 22 heavy (non-hydrogen) atoms. The van der Waals surface area contributed by atoms with Crippen LogP contribution >= 0.6 is 22.9 Å². The molecule has 0 saturated heterocycles. The number of sulfonamides is 1. The van der Waals surface area contributed by atoms with Crippen molar-refractivity contribution in [2.24, 2.45) is 0 Å². The molecular weight excluding hydrogens is 344 g/mol. The van der Waals surface area contributed by atoms with Crippen LogP contribution in [0.1, 0.15) is 12.7 Å². The van der Waals surface area contributed by atoms with E-state index in [2.05, 4.69) is 14.7 Å². The minimum absolute atomic E-state index is 0.0993. The normalized spacial score (nSPS) is 12.1. The molecule has 9 heteroatoms. The van der Waals surface area contributed by atoms with Gasteiger partial charge in [-0.25, -0.2) is 23.1 Å². The van der Waals surface area contributed by atoms with Crippen molar-refractivity contribution >= 4 is 44.1 Å². The molecule has 6 nitrogen and oxygen atoms in total. The molecule has 0 bridgehead atoms. The van der Waals surface area contributed by atoms with Crippen molar-refractivity contribution < 1.29 is 8.42 Å². The van der Waals surface area contributed by atoms with Crippen molar-refractivity contribution in [3.8, 4) is 0 Å². The molecule has 0 unspecified atom stereocenters. The molecule has 3 rings (SSSR count). The predicted octanol–water partition coefficient (Wildman–Crippen LogP) is 2.64. The van der Waals surface area contributed by atoms with E-state index in [1.54, 1.807) is 18.3 Å². The molecule has 0 aliphatic rings. The Morgan fingerprint density at radius 2 is 2.18 bits per heavy atom. The van der Waals surface area contributed by atoms with Crippen LogP contribution in [-0.4, -0.2) is 23.0 Å². The number of fused-ring (bicyclic) bond motifs is 1. The van der Waals surface area contributed by atoms with E-state index < -0.39 is 10.0 Å². The third kappa shape index (κ3) is 2.87. The summed E-state index contributed by atoms with van der Waals surface area (Å²) in [5.41, 5.74) is 1.50. The number of imidazole rings is 1. The molecule has 0 aromatic carbocycles. The van der Waals surface area contributed by atoms with E-state index in [0.29, 0.717) is 16.7 Å². The van der Waals surface area contributed by atoms with Gasteiger partial charge >= 0.3 is 0 Å². The SMILES string of the molecule is CCn1c(CNS(=O)(=O)c2ccc(Cl)s2)nc2cccnc21. The number of thiophene rings is 1. The van der Waals surface area contributed by atoms with Gasteiger partial charge in [-0.05, 0) is 31.2 Å². The first-order valence-electron chi connectivity index (χ1n) is 6.56. The smallest absolute Gasteiger partial charge is 0.250 e. The monoisotopic (exact) mass is 356 g/mol. The van der Waals surface area contributed by atoms with Crippen molar-refractivity contribution in [3.63, 3.8) is 0 Å². The van der Waals surface area contributed by atoms with Crippen molar-refractivity contribution in [2.45, 2.75) is 24.2 Å². The summed E-state index contributed by atoms with van der Waals surface area (Å²) in [6, 6.07) is 6.70. The highest BCUT2D eigenvalue weighted by Crippen LogP contribution is 2.25. The van der Waals surface area contributed by atoms with Crippen LogP contribution in [0.2, 0.25) is 4.34 Å². The molecule has 0 atom stereocenters. The maximum atomic E-state index is 12.2. The summed E-state index contributed by atoms with van der Waals surface area (Å²) in [5.74, 6) is 0.627. The summed E-state index contributed by atoms with van der Waals surface area (Å²) in [4.78, 5) is 8.72. The van der Waals surface area contributed by atoms with E-state index in [1.165, 1.54) is 6.07 Å². The van der Waals surface area contributed by atoms with Gasteiger partial charge in [-0.2, -0.15) is 0 Å². The first-order valence-corrected chi connectivity index (χ1v) is 9.24. The molecule has 0 spiro atoms. The van der Waals surface area contributed by atoms with Crippen LogP contribution in [0.25, 0.3) is 11.2 Å². The van der Waals surface area contributed by atoms with E-state index in [0.717, 1.165) is 22.5 Å². The first kappa shape index (κ1) is 15.4. The lowest BCUT2D eigenvalue weighted by atomic mass is 10.4. The fourth-order valence-corrected chi connectivity index (χ4v) is 4.65. The highest BCUT2D eigenvalue weighted by Gasteiger charge is 2.18. The second kappa shape index (κ2) is 5.96. The predicted molar refractivity (Wildman–Crippen MR) is 86.6 cm³/mol. The van der Waals surface area contributed by atoms with Crippen molar-refractivity contribution in [2.75, 3.05) is 0 Å². The minimum atomic E-state index is -3.59. The van der Waals surface area contributed by atoms with Crippen molar-refractivity contribution in [3.05, 3.63) is 40.6 Å². The summed E-state index contributed by atoms with van der Waals surface area (Å²) in [5, 5.41) is 0. The van der Waals surface area contributed by atoms with Gasteiger partial charge in [0.2, 0.25) is 0 Å². The summed E-state index contributed by atoms with van der Waals surface area (Å²) in [6.45, 7) is 2.73. The number of rotatable bonds is 5. The van der Waals surface area contributed by atoms with Crippen LogP contribution < -0.4 is 4.72 Å². The number of hydrogen-bond acceptors (Lipinski definition) is 5. The Hall–Kier alpha value is -1.48. The van der Waals surface area contributed by atoms with E-state index >= 15 is 0 Å². The van der Waals surface area contributed by atoms with Gasteiger partial charge in [0.1, 0.15) is 15.6 Å². The Kier molecular flexibility index (Phi) is 4.18. The lowest BCUT2D eigenvalue weighted by Gasteiger charge is -2.07. The number of halogens is 1. The summed E-state index contributed by atoms with van der Waals surface area (Å²) in [7, 11) is -3.59. The highest BCUT2D eigenvalue weighted by molar-refractivity contribution is 7.91. The zero-order valence-electron chi connectivity index (χ0n) is 11.7. The van der Waals surface area contributed by atoms with Gasteiger partial charge in [0.25, 0.3) is 10.0 Å². The maximum absolute atomic E-state index is 12.2. The number of pyridine rings is 1. The average molecular weight is 357 g/mol. The van der Waals surface area contributed by atoms with Gasteiger partial charge in [-0.1, -0.05) is 11.6 Å². The molecule has 0 radical (unpaired) electrons. The Bertz CT molecular complexity index is 917. The van der Waals surface area contributed by atoms with Crippen LogP contribution in [0, 0.1) is 0 Å². The van der Waals surface area contributed by atoms with Gasteiger partial charge in [0, 0.05) is 12.7 Å². The second-order valence-electron chi connectivity index (χ2n) is 4.50. The number of nitrogens with one attached hydrogen (secondary N) is 1. The first-order chi connectivity index (χ1) is 10.5. The average Bonchev–Trinajstić information content (AvgIpc) is 3.08. The summed E-state index contributed by atoms with van der Waals surface area (Å²) < 4.78 is 29.5. The van der Waals surface area contributed by atoms with Crippen molar-refractivity contribution in [1.82, 2.24) is 19.3 Å². The molecule has 0 aliphatic heterocycles. The quantitative estimate of drug-likeness (QED) is 0.762. The lowest BCUT2D eigenvalue weighted by molar-refractivity contribution is 0.578. The topological polar surface area (TPSA) is 76.9 Å². The molecule has 116 valence electrons. The molecule has 0 saturated carbocycles. The third-order valence-corrected chi connectivity index (χ3v) is 6.26. The van der Waals surface area contributed by atoms with Gasteiger partial charge in [-0.3, -0.25) is 0 Å². The molecule has 3 heterocycles. The van der Waals surface area contributed by atoms with E-state index in [-0.39, 0.29) is 10.8 Å². The molecule has 0 fully saturated rings. The summed E-state index contributed by atoms with van der Waals surface area (Å²) in [6.07, 6.45) is 1.69. The fourth-order valence-electron chi connectivity index (χ4n) is 2.15. The minimum Gasteiger partial charge on any atom is -0.312 e. The zero-order chi connectivity index (χ0) is 15.7. The standard InChI is InChI=1S/C13H13ClN4O2S2/c1-2-18-11(17-9-4-3-7-15-13(9)18)8-16-22(19,20)12-6-5-10(14)21-12/h3-7,16H,2,8H2,1H3. The van der Waals surface area contributed by atoms with Crippen molar-refractivity contribution in [1.29, 1.82) is 0 Å². The molecular formula is C13H13ClN4O2S2. The van der Waals surface area contributed by atoms with Gasteiger partial charge in [-0.15, -0.1) is 11.3 Å². The van der Waals surface area contributed by atoms with Gasteiger partial charge in [0.15, 0.2) is 5.65 Å². The van der Waals surface area contributed by atoms with E-state index in [4.69, 9.17) is 11.6 Å². The van der Waals surface area contributed by atoms with Gasteiger partial charge < -0.3 is 4.57 Å². The number of aromatic nitrogens is 3. The van der Waals surface area contributed by atoms with E-state index in [1.807, 2.05) is 17.6 Å². The van der Waals surface area contributed by atoms with Crippen LogP contribution in [0.4, 0.5) is 0 Å². The molecule has 3 aromatic heterocycles. The number of nitrogens with zero attached hydrogens (tertiary/aromatic N) is 3. The van der Waals surface area contributed by atoms with Crippen LogP contribution in [0.5, 0.6) is 0 Å². The molecule has 0 amide bonds. The Morgan fingerprint density at radius 1 is 1.36 bits per heavy atom. The second-order valence-corrected chi connectivity index (χ2v) is 8.21. The maximum Gasteiger partial charge on any atom is 0.250 e. The number of aryl methyl sites for hydroxylation is 1. The Balaban J connectivity index is 1.88. The highest BCUT2D eigenvalue weighted by atomic mass is 35.5. The third-order valence-electron chi connectivity index (χ3n) is 3.13. The largest absolute Gasteiger partial charge is 0.312 e.